The molecule has 560 valence electrons. The van der Waals surface area contributed by atoms with Crippen LogP contribution in [0.5, 0.6) is 18.0 Å². The highest BCUT2D eigenvalue weighted by Gasteiger charge is 2.24. The SMILES string of the molecule is Cc1nc2c(N)nc3nc2n1Cc1ccc(-c2cnn(CCNC4CCC4)c2)c(c1)C/C=C/CCO3.Cc1nc2c(N)nc3nc2n1Cc1ccc(-c2cnn(CCNC4CCC4)c2)c(c1)C/C=C\CCO3.Cc1nc2c(N)nc3nc2n1Cc1ccc(-c2cnn(CCNC4CCC4)c2)c(c1)CCCCCO3. The van der Waals surface area contributed by atoms with Gasteiger partial charge in [0.1, 0.15) is 17.5 Å². The van der Waals surface area contributed by atoms with Crippen molar-refractivity contribution in [1.82, 2.24) is 104 Å². The fourth-order valence-electron chi connectivity index (χ4n) is 15.0. The van der Waals surface area contributed by atoms with Crippen molar-refractivity contribution in [3.05, 3.63) is 167 Å². The molecule has 3 fully saturated rings. The van der Waals surface area contributed by atoms with Crippen LogP contribution >= 0.6 is 0 Å². The van der Waals surface area contributed by atoms with Crippen molar-refractivity contribution < 1.29 is 14.2 Å². The molecule has 27 nitrogen and oxygen atoms in total. The van der Waals surface area contributed by atoms with E-state index >= 15 is 0 Å². The first-order valence-corrected chi connectivity index (χ1v) is 38.8. The number of hydrogen-bond acceptors (Lipinski definition) is 21. The lowest BCUT2D eigenvalue weighted by Crippen LogP contribution is -2.37. The largest absolute Gasteiger partial charge is 0.463 e. The summed E-state index contributed by atoms with van der Waals surface area (Å²) in [7, 11) is 0. The van der Waals surface area contributed by atoms with Crippen LogP contribution in [0.4, 0.5) is 17.5 Å². The van der Waals surface area contributed by atoms with Gasteiger partial charge in [0.15, 0.2) is 50.9 Å². The minimum absolute atomic E-state index is 0.294. The van der Waals surface area contributed by atoms with Crippen LogP contribution in [0, 0.1) is 20.8 Å². The van der Waals surface area contributed by atoms with Gasteiger partial charge in [-0.3, -0.25) is 14.0 Å². The maximum Gasteiger partial charge on any atom is 0.320 e. The van der Waals surface area contributed by atoms with Crippen molar-refractivity contribution in [2.75, 3.05) is 56.7 Å². The number of allylic oxidation sites excluding steroid dienone is 2. The van der Waals surface area contributed by atoms with Crippen LogP contribution in [0.3, 0.4) is 0 Å². The molecule has 0 saturated heterocycles. The molecule has 9 N–H and O–H groups in total. The number of nitrogens with two attached hydrogens (primary N) is 3. The molecule has 0 amide bonds. The van der Waals surface area contributed by atoms with Crippen LogP contribution in [0.2, 0.25) is 0 Å². The second kappa shape index (κ2) is 32.7. The van der Waals surface area contributed by atoms with Crippen molar-refractivity contribution in [2.24, 2.45) is 0 Å². The lowest BCUT2D eigenvalue weighted by molar-refractivity contribution is 0.283. The number of imidazole rings is 3. The lowest BCUT2D eigenvalue weighted by atomic mass is 9.93. The predicted molar refractivity (Wildman–Crippen MR) is 420 cm³/mol. The number of hydrogen-bond donors (Lipinski definition) is 6. The van der Waals surface area contributed by atoms with Gasteiger partial charge in [0.2, 0.25) is 0 Å². The topological polar surface area (TPSA) is 326 Å². The third-order valence-electron chi connectivity index (χ3n) is 21.7. The summed E-state index contributed by atoms with van der Waals surface area (Å²) in [4.78, 5) is 40.7. The molecule has 12 heterocycles. The Morgan fingerprint density at radius 2 is 0.759 bits per heavy atom. The van der Waals surface area contributed by atoms with E-state index in [4.69, 9.17) is 31.4 Å². The van der Waals surface area contributed by atoms with Crippen molar-refractivity contribution in [3.8, 4) is 51.4 Å². The number of fused-ring (bicyclic) bond motifs is 9. The molecule has 3 aliphatic heterocycles. The minimum atomic E-state index is 0.294. The van der Waals surface area contributed by atoms with Gasteiger partial charge in [0, 0.05) is 73.0 Å². The van der Waals surface area contributed by atoms with Gasteiger partial charge in [-0.25, -0.2) is 15.0 Å². The zero-order valence-electron chi connectivity index (χ0n) is 62.2. The summed E-state index contributed by atoms with van der Waals surface area (Å²) in [5.74, 6) is 3.60. The van der Waals surface area contributed by atoms with Crippen molar-refractivity contribution >= 4 is 50.9 Å². The van der Waals surface area contributed by atoms with Gasteiger partial charge in [0.25, 0.3) is 0 Å². The molecule has 108 heavy (non-hydrogen) atoms. The zero-order valence-corrected chi connectivity index (χ0v) is 62.2. The molecule has 3 aliphatic carbocycles. The molecular formula is C81H98N24O3. The zero-order chi connectivity index (χ0) is 73.5. The summed E-state index contributed by atoms with van der Waals surface area (Å²) >= 11 is 0. The molecule has 3 saturated carbocycles. The van der Waals surface area contributed by atoms with Crippen LogP contribution in [0.1, 0.15) is 141 Å². The fourth-order valence-corrected chi connectivity index (χ4v) is 15.0. The van der Waals surface area contributed by atoms with Crippen LogP contribution in [0.25, 0.3) is 66.9 Å². The Labute approximate surface area is 628 Å². The highest BCUT2D eigenvalue weighted by Crippen LogP contribution is 2.34. The molecule has 12 aromatic rings. The van der Waals surface area contributed by atoms with E-state index in [1.807, 2.05) is 48.7 Å². The average Bonchev–Trinajstić information content (AvgIpc) is 1.63. The smallest absolute Gasteiger partial charge is 0.320 e. The Hall–Kier alpha value is -10.9. The van der Waals surface area contributed by atoms with E-state index in [-0.39, 0.29) is 0 Å². The van der Waals surface area contributed by atoms with E-state index in [0.29, 0.717) is 121 Å². The minimum Gasteiger partial charge on any atom is -0.463 e. The van der Waals surface area contributed by atoms with Crippen molar-refractivity contribution in [3.63, 3.8) is 0 Å². The Balaban J connectivity index is 0.000000124. The second-order valence-electron chi connectivity index (χ2n) is 29.4. The molecule has 0 radical (unpaired) electrons. The fraction of sp³-hybridized carbons (Fsp3) is 0.432. The maximum atomic E-state index is 6.19. The number of nitrogen functional groups attached to an aromatic ring is 3. The molecule has 0 atom stereocenters. The highest BCUT2D eigenvalue weighted by molar-refractivity contribution is 5.84. The summed E-state index contributed by atoms with van der Waals surface area (Å²) in [5.41, 5.74) is 37.2. The van der Waals surface area contributed by atoms with Gasteiger partial charge in [0.05, 0.1) is 77.7 Å². The van der Waals surface area contributed by atoms with E-state index in [9.17, 15) is 0 Å². The van der Waals surface area contributed by atoms with Crippen LogP contribution < -0.4 is 47.4 Å². The molecule has 12 bridgehead atoms. The molecular weight excluding hydrogens is 1360 g/mol. The first kappa shape index (κ1) is 71.4. The van der Waals surface area contributed by atoms with Crippen LogP contribution in [0.15, 0.2) is 116 Å². The highest BCUT2D eigenvalue weighted by atomic mass is 16.5. The van der Waals surface area contributed by atoms with Crippen molar-refractivity contribution in [1.29, 1.82) is 0 Å². The molecule has 27 heteroatoms. The summed E-state index contributed by atoms with van der Waals surface area (Å²) in [6.07, 6.45) is 40.4. The second-order valence-corrected chi connectivity index (χ2v) is 29.4. The summed E-state index contributed by atoms with van der Waals surface area (Å²) in [6.45, 7) is 14.9. The number of ether oxygens (including phenoxy) is 3. The third kappa shape index (κ3) is 16.5. The van der Waals surface area contributed by atoms with E-state index < -0.39 is 0 Å². The number of aromatic nitrogens is 18. The summed E-state index contributed by atoms with van der Waals surface area (Å²) < 4.78 is 29.8. The number of benzene rings is 3. The van der Waals surface area contributed by atoms with Gasteiger partial charge >= 0.3 is 18.0 Å². The Morgan fingerprint density at radius 3 is 1.13 bits per heavy atom. The van der Waals surface area contributed by atoms with E-state index in [0.717, 1.165) is 125 Å². The monoisotopic (exact) mass is 1450 g/mol. The molecule has 0 unspecified atom stereocenters. The molecule has 6 aliphatic rings. The van der Waals surface area contributed by atoms with Gasteiger partial charge < -0.3 is 61.1 Å². The molecule has 3 aromatic carbocycles. The number of aryl methyl sites for hydroxylation is 4. The van der Waals surface area contributed by atoms with Crippen molar-refractivity contribution in [2.45, 2.75) is 187 Å². The number of nitrogens with zero attached hydrogens (tertiary/aromatic N) is 18. The normalized spacial score (nSPS) is 16.9. The Bertz CT molecular complexity index is 5000. The third-order valence-corrected chi connectivity index (χ3v) is 21.7. The molecule has 0 spiro atoms. The predicted octanol–water partition coefficient (Wildman–Crippen LogP) is 11.2. The van der Waals surface area contributed by atoms with E-state index in [1.165, 1.54) is 113 Å². The Kier molecular flexibility index (Phi) is 21.6. The Morgan fingerprint density at radius 1 is 0.398 bits per heavy atom. The van der Waals surface area contributed by atoms with Crippen LogP contribution in [-0.4, -0.2) is 145 Å². The number of rotatable bonds is 15. The van der Waals surface area contributed by atoms with E-state index in [2.05, 4.69) is 192 Å². The lowest BCUT2D eigenvalue weighted by Gasteiger charge is -2.26. The molecule has 18 rings (SSSR count). The average molecular weight is 1460 g/mol. The van der Waals surface area contributed by atoms with Gasteiger partial charge in [-0.15, -0.1) is 0 Å². The maximum absolute atomic E-state index is 6.19. The van der Waals surface area contributed by atoms with Crippen LogP contribution in [-0.2, 0) is 58.5 Å². The number of nitrogens with one attached hydrogen (secondary N) is 3. The first-order chi connectivity index (χ1) is 52.9. The van der Waals surface area contributed by atoms with Gasteiger partial charge in [-0.1, -0.05) is 98.2 Å². The summed E-state index contributed by atoms with van der Waals surface area (Å²) in [6, 6.07) is 23.2. The number of anilines is 3. The first-order valence-electron chi connectivity index (χ1n) is 38.8. The summed E-state index contributed by atoms with van der Waals surface area (Å²) in [5, 5.41) is 24.8. The van der Waals surface area contributed by atoms with E-state index in [1.54, 1.807) is 0 Å². The molecule has 9 aromatic heterocycles. The van der Waals surface area contributed by atoms with Gasteiger partial charge in [-0.05, 0) is 161 Å². The quantitative estimate of drug-likeness (QED) is 0.0519. The standard InChI is InChI=1S/C27H34N8O.2C27H32N8O/c3*1-18-31-24-25(28)32-27-33-26(24)35(18)16-19-9-10-23(20(14-19)6-3-2-4-13-36-27)21-15-30-34(17-21)12-11-29-22-7-5-8-22/h9-10,14-15,17,22,29H,2-8,11-13,16H2,1H3,(H2,28,32,33);2*2-3,9-10,14-15,17,22,29H,4-8,11-13,16H2,1H3,(H2,28,32,33)/b;3-2+;3-2-. The van der Waals surface area contributed by atoms with Gasteiger partial charge in [-0.2, -0.15) is 45.2 Å².